The Morgan fingerprint density at radius 3 is 1.10 bits per heavy atom. The van der Waals surface area contributed by atoms with Gasteiger partial charge in [0, 0.05) is 10.8 Å². The van der Waals surface area contributed by atoms with Crippen LogP contribution in [-0.4, -0.2) is 25.9 Å². The first-order valence-corrected chi connectivity index (χ1v) is 11.0. The summed E-state index contributed by atoms with van der Waals surface area (Å²) < 4.78 is 70.3. The average Bonchev–Trinajstić information content (AvgIpc) is 2.63. The fraction of sp³-hybridized carbons (Fsp3) is 0. The quantitative estimate of drug-likeness (QED) is 0.126. The van der Waals surface area contributed by atoms with Gasteiger partial charge in [0.25, 0.3) is 0 Å². The van der Waals surface area contributed by atoms with E-state index in [9.17, 15) is 25.9 Å². The minimum atomic E-state index is -4.67. The standard InChI is InChI=1S/C20H12O6S2.2Na/c21-27(22,23)17-9-7-13-14-8-10-18(28(24,25)26)16-6-2-4-12(20(14)16)11-3-1-5-15(17)19(11)13;;/h1-10H,(H,21,22,23)(H,24,25,26);;/q;2*+1/p-2. The van der Waals surface area contributed by atoms with E-state index in [4.69, 9.17) is 0 Å². The van der Waals surface area contributed by atoms with Gasteiger partial charge in [0.2, 0.25) is 0 Å². The molecule has 0 spiro atoms. The van der Waals surface area contributed by atoms with Crippen molar-refractivity contribution in [1.82, 2.24) is 0 Å². The van der Waals surface area contributed by atoms with Crippen molar-refractivity contribution in [3.05, 3.63) is 60.7 Å². The van der Waals surface area contributed by atoms with Crippen LogP contribution in [0.25, 0.3) is 43.1 Å². The Kier molecular flexibility index (Phi) is 6.34. The van der Waals surface area contributed by atoms with Gasteiger partial charge in [-0.2, -0.15) is 0 Å². The first-order chi connectivity index (χ1) is 13.2. The topological polar surface area (TPSA) is 114 Å². The summed E-state index contributed by atoms with van der Waals surface area (Å²) in [5.41, 5.74) is 0. The molecule has 140 valence electrons. The maximum Gasteiger partial charge on any atom is 1.00 e. The summed E-state index contributed by atoms with van der Waals surface area (Å²) in [6, 6.07) is 15.6. The zero-order valence-corrected chi connectivity index (χ0v) is 21.7. The van der Waals surface area contributed by atoms with Gasteiger partial charge in [-0.05, 0) is 44.5 Å². The molecular formula is C20H10Na2O6S2. The molecule has 10 heteroatoms. The molecule has 0 bridgehead atoms. The van der Waals surface area contributed by atoms with Crippen molar-refractivity contribution in [2.75, 3.05) is 0 Å². The third-order valence-electron chi connectivity index (χ3n) is 5.12. The van der Waals surface area contributed by atoms with Crippen molar-refractivity contribution in [3.63, 3.8) is 0 Å². The molecule has 0 aromatic heterocycles. The smallest absolute Gasteiger partial charge is 0.744 e. The summed E-state index contributed by atoms with van der Waals surface area (Å²) in [6.07, 6.45) is 0. The molecule has 0 atom stereocenters. The van der Waals surface area contributed by atoms with Crippen LogP contribution in [0.2, 0.25) is 0 Å². The molecule has 0 aliphatic rings. The summed E-state index contributed by atoms with van der Waals surface area (Å²) in [4.78, 5) is -0.607. The van der Waals surface area contributed by atoms with Crippen LogP contribution in [-0.2, 0) is 20.2 Å². The molecule has 0 saturated heterocycles. The van der Waals surface area contributed by atoms with Crippen molar-refractivity contribution in [2.24, 2.45) is 0 Å². The van der Waals surface area contributed by atoms with E-state index < -0.39 is 20.2 Å². The van der Waals surface area contributed by atoms with Gasteiger partial charge in [0.05, 0.1) is 9.79 Å². The zero-order chi connectivity index (χ0) is 19.8. The van der Waals surface area contributed by atoms with Gasteiger partial charge in [-0.3, -0.25) is 0 Å². The average molecular weight is 456 g/mol. The predicted octanol–water partition coefficient (Wildman–Crippen LogP) is -2.45. The van der Waals surface area contributed by atoms with E-state index in [1.807, 2.05) is 0 Å². The molecule has 30 heavy (non-hydrogen) atoms. The fourth-order valence-electron chi connectivity index (χ4n) is 4.09. The first-order valence-electron chi connectivity index (χ1n) is 8.22. The second-order valence-electron chi connectivity index (χ2n) is 6.59. The molecule has 0 amide bonds. The summed E-state index contributed by atoms with van der Waals surface area (Å²) in [5.74, 6) is 0. The SMILES string of the molecule is O=S(=O)([O-])c1ccc2c3ccc(S(=O)(=O)[O-])c4cccc(c5cccc1c52)c43.[Na+].[Na+]. The van der Waals surface area contributed by atoms with Crippen molar-refractivity contribution in [2.45, 2.75) is 9.79 Å². The summed E-state index contributed by atoms with van der Waals surface area (Å²) in [5, 5.41) is 4.55. The van der Waals surface area contributed by atoms with Crippen molar-refractivity contribution in [3.8, 4) is 0 Å². The molecule has 0 aliphatic heterocycles. The molecule has 5 rings (SSSR count). The summed E-state index contributed by atoms with van der Waals surface area (Å²) >= 11 is 0. The monoisotopic (exact) mass is 456 g/mol. The van der Waals surface area contributed by atoms with E-state index in [-0.39, 0.29) is 68.9 Å². The van der Waals surface area contributed by atoms with Gasteiger partial charge in [0.1, 0.15) is 20.2 Å². The van der Waals surface area contributed by atoms with Gasteiger partial charge in [-0.1, -0.05) is 48.5 Å². The second-order valence-corrected chi connectivity index (χ2v) is 9.28. The van der Waals surface area contributed by atoms with Crippen LogP contribution in [0.1, 0.15) is 0 Å². The first kappa shape index (κ1) is 23.9. The predicted molar refractivity (Wildman–Crippen MR) is 104 cm³/mol. The Morgan fingerprint density at radius 1 is 0.467 bits per heavy atom. The normalized spacial score (nSPS) is 12.3. The number of fused-ring (bicyclic) bond motifs is 2. The number of hydrogen-bond donors (Lipinski definition) is 0. The van der Waals surface area contributed by atoms with Gasteiger partial charge in [-0.25, -0.2) is 16.8 Å². The van der Waals surface area contributed by atoms with Crippen LogP contribution in [0.4, 0.5) is 0 Å². The van der Waals surface area contributed by atoms with Crippen molar-refractivity contribution in [1.29, 1.82) is 0 Å². The van der Waals surface area contributed by atoms with Gasteiger partial charge in [-0.15, -0.1) is 0 Å². The Bertz CT molecular complexity index is 1520. The van der Waals surface area contributed by atoms with Crippen molar-refractivity contribution >= 4 is 63.3 Å². The maximum absolute atomic E-state index is 11.7. The van der Waals surface area contributed by atoms with Crippen LogP contribution in [0.15, 0.2) is 70.5 Å². The number of benzene rings is 5. The molecule has 0 unspecified atom stereocenters. The van der Waals surface area contributed by atoms with Crippen LogP contribution >= 0.6 is 0 Å². The fourth-order valence-corrected chi connectivity index (χ4v) is 5.44. The van der Waals surface area contributed by atoms with E-state index in [1.165, 1.54) is 12.1 Å². The largest absolute Gasteiger partial charge is 1.00 e. The molecule has 5 aromatic carbocycles. The van der Waals surface area contributed by atoms with E-state index >= 15 is 0 Å². The molecular weight excluding hydrogens is 446 g/mol. The molecule has 5 aromatic rings. The van der Waals surface area contributed by atoms with Crippen LogP contribution in [0.3, 0.4) is 0 Å². The number of hydrogen-bond acceptors (Lipinski definition) is 6. The van der Waals surface area contributed by atoms with Crippen LogP contribution in [0.5, 0.6) is 0 Å². The Labute approximate surface area is 216 Å². The molecule has 0 saturated carbocycles. The minimum absolute atomic E-state index is 0. The summed E-state index contributed by atoms with van der Waals surface area (Å²) in [7, 11) is -9.35. The van der Waals surface area contributed by atoms with E-state index in [2.05, 4.69) is 0 Å². The number of rotatable bonds is 2. The van der Waals surface area contributed by atoms with Crippen molar-refractivity contribution < 1.29 is 85.1 Å². The zero-order valence-electron chi connectivity index (χ0n) is 16.0. The third kappa shape index (κ3) is 3.49. The van der Waals surface area contributed by atoms with E-state index in [0.29, 0.717) is 43.1 Å². The second kappa shape index (κ2) is 7.97. The molecule has 0 aliphatic carbocycles. The molecule has 0 radical (unpaired) electrons. The van der Waals surface area contributed by atoms with Gasteiger partial charge in [0.15, 0.2) is 0 Å². The van der Waals surface area contributed by atoms with Gasteiger partial charge >= 0.3 is 59.1 Å². The van der Waals surface area contributed by atoms with E-state index in [1.54, 1.807) is 48.5 Å². The Morgan fingerprint density at radius 2 is 0.767 bits per heavy atom. The minimum Gasteiger partial charge on any atom is -0.744 e. The molecule has 6 nitrogen and oxygen atoms in total. The molecule has 0 fully saturated rings. The molecule has 0 heterocycles. The Balaban J connectivity index is 0.00000128. The van der Waals surface area contributed by atoms with Gasteiger partial charge < -0.3 is 9.11 Å². The van der Waals surface area contributed by atoms with Crippen LogP contribution in [0, 0.1) is 0 Å². The Hall–Kier alpha value is -0.780. The summed E-state index contributed by atoms with van der Waals surface area (Å²) in [6.45, 7) is 0. The maximum atomic E-state index is 11.7. The van der Waals surface area contributed by atoms with Crippen LogP contribution < -0.4 is 59.1 Å². The van der Waals surface area contributed by atoms with E-state index in [0.717, 1.165) is 0 Å². The molecule has 0 N–H and O–H groups in total. The third-order valence-corrected chi connectivity index (χ3v) is 6.91.